The molecular weight excluding hydrogens is 300 g/mol. The molecule has 4 nitrogen and oxygen atoms in total. The molecule has 1 aromatic carbocycles. The quantitative estimate of drug-likeness (QED) is 0.835. The van der Waals surface area contributed by atoms with Crippen LogP contribution in [0.2, 0.25) is 0 Å². The molecule has 4 aliphatic heterocycles. The molecule has 0 spiro atoms. The van der Waals surface area contributed by atoms with E-state index in [9.17, 15) is 5.11 Å². The third-order valence-electron chi connectivity index (χ3n) is 6.63. The zero-order chi connectivity index (χ0) is 16.4. The van der Waals surface area contributed by atoms with Crippen LogP contribution < -0.4 is 4.74 Å². The maximum absolute atomic E-state index is 10.1. The zero-order valence-electron chi connectivity index (χ0n) is 14.2. The number of aromatic amines is 1. The summed E-state index contributed by atoms with van der Waals surface area (Å²) in [6, 6.07) is 7.24. The van der Waals surface area contributed by atoms with Gasteiger partial charge in [-0.2, -0.15) is 0 Å². The molecule has 6 rings (SSSR count). The Hall–Kier alpha value is -1.78. The average Bonchev–Trinajstić information content (AvgIpc) is 2.99. The largest absolute Gasteiger partial charge is 0.497 e. The number of hydrogen-bond acceptors (Lipinski definition) is 3. The highest BCUT2D eigenvalue weighted by atomic mass is 16.5. The first kappa shape index (κ1) is 14.6. The van der Waals surface area contributed by atoms with E-state index in [1.807, 2.05) is 6.07 Å². The van der Waals surface area contributed by atoms with Crippen LogP contribution in [0.25, 0.3) is 10.9 Å². The minimum atomic E-state index is 0.289. The highest BCUT2D eigenvalue weighted by molar-refractivity contribution is 5.86. The first-order valence-corrected chi connectivity index (χ1v) is 8.95. The number of methoxy groups -OCH3 is 1. The molecule has 3 saturated heterocycles. The summed E-state index contributed by atoms with van der Waals surface area (Å²) in [6.07, 6.45) is 4.42. The standard InChI is InChI=1S/C20H24N2O2/c1-3-11-9-22-18-8-15-14-6-12(24-2)4-5-17(14)21-20(15)19(22)7-13(11)16(18)10-23/h3-6,13,16,18-19,21,23H,7-10H2,1-2H3/b11-3-/t13-,16+,18?,19-/m0/s1. The molecule has 5 heterocycles. The number of nitrogens with zero attached hydrogens (tertiary/aromatic N) is 1. The number of ether oxygens (including phenoxy) is 1. The Morgan fingerprint density at radius 1 is 1.42 bits per heavy atom. The molecule has 0 aliphatic carbocycles. The fourth-order valence-corrected chi connectivity index (χ4v) is 5.47. The second-order valence-corrected chi connectivity index (χ2v) is 7.44. The number of aliphatic hydroxyl groups is 1. The number of allylic oxidation sites excluding steroid dienone is 1. The van der Waals surface area contributed by atoms with Crippen molar-refractivity contribution in [3.8, 4) is 5.75 Å². The van der Waals surface area contributed by atoms with E-state index in [-0.39, 0.29) is 6.61 Å². The van der Waals surface area contributed by atoms with E-state index in [2.05, 4.69) is 35.0 Å². The molecule has 3 fully saturated rings. The van der Waals surface area contributed by atoms with Crippen molar-refractivity contribution in [3.63, 3.8) is 0 Å². The van der Waals surface area contributed by atoms with Crippen molar-refractivity contribution >= 4 is 10.9 Å². The molecule has 0 saturated carbocycles. The fourth-order valence-electron chi connectivity index (χ4n) is 5.47. The molecule has 2 N–H and O–H groups in total. The Morgan fingerprint density at radius 2 is 2.29 bits per heavy atom. The third-order valence-corrected chi connectivity index (χ3v) is 6.63. The second-order valence-electron chi connectivity index (χ2n) is 7.44. The van der Waals surface area contributed by atoms with E-state index in [4.69, 9.17) is 4.74 Å². The summed E-state index contributed by atoms with van der Waals surface area (Å²) in [5.41, 5.74) is 5.56. The molecule has 4 aliphatic rings. The number of benzene rings is 1. The molecule has 2 aromatic rings. The van der Waals surface area contributed by atoms with Gasteiger partial charge in [-0.05, 0) is 49.4 Å². The topological polar surface area (TPSA) is 48.5 Å². The van der Waals surface area contributed by atoms with Crippen LogP contribution in [0, 0.1) is 11.8 Å². The minimum absolute atomic E-state index is 0.289. The van der Waals surface area contributed by atoms with Gasteiger partial charge in [-0.25, -0.2) is 0 Å². The van der Waals surface area contributed by atoms with Gasteiger partial charge in [0.1, 0.15) is 5.75 Å². The summed E-state index contributed by atoms with van der Waals surface area (Å²) in [6.45, 7) is 3.49. The summed E-state index contributed by atoms with van der Waals surface area (Å²) in [5.74, 6) is 1.82. The lowest BCUT2D eigenvalue weighted by molar-refractivity contribution is -0.0503. The number of aromatic nitrogens is 1. The molecule has 126 valence electrons. The number of hydrogen-bond donors (Lipinski definition) is 2. The van der Waals surface area contributed by atoms with E-state index >= 15 is 0 Å². The van der Waals surface area contributed by atoms with Crippen LogP contribution in [-0.2, 0) is 6.42 Å². The van der Waals surface area contributed by atoms with Crippen molar-refractivity contribution in [1.29, 1.82) is 0 Å². The highest BCUT2D eigenvalue weighted by Crippen LogP contribution is 2.54. The van der Waals surface area contributed by atoms with Gasteiger partial charge in [0.25, 0.3) is 0 Å². The monoisotopic (exact) mass is 324 g/mol. The van der Waals surface area contributed by atoms with E-state index in [0.29, 0.717) is 23.9 Å². The van der Waals surface area contributed by atoms with Crippen molar-refractivity contribution in [2.24, 2.45) is 11.8 Å². The van der Waals surface area contributed by atoms with Crippen molar-refractivity contribution in [2.75, 3.05) is 20.3 Å². The Morgan fingerprint density at radius 3 is 3.04 bits per heavy atom. The van der Waals surface area contributed by atoms with Gasteiger partial charge in [0.2, 0.25) is 0 Å². The lowest BCUT2D eigenvalue weighted by Gasteiger charge is -2.58. The number of H-pyrrole nitrogens is 1. The van der Waals surface area contributed by atoms with Crippen molar-refractivity contribution in [3.05, 3.63) is 41.1 Å². The zero-order valence-corrected chi connectivity index (χ0v) is 14.2. The first-order valence-electron chi connectivity index (χ1n) is 8.95. The van der Waals surface area contributed by atoms with Crippen LogP contribution in [0.5, 0.6) is 5.75 Å². The van der Waals surface area contributed by atoms with E-state index in [0.717, 1.165) is 25.1 Å². The maximum Gasteiger partial charge on any atom is 0.119 e. The van der Waals surface area contributed by atoms with E-state index in [1.165, 1.54) is 27.7 Å². The summed E-state index contributed by atoms with van der Waals surface area (Å²) >= 11 is 0. The lowest BCUT2D eigenvalue weighted by atomic mass is 9.64. The summed E-state index contributed by atoms with van der Waals surface area (Å²) < 4.78 is 5.43. The van der Waals surface area contributed by atoms with Crippen LogP contribution in [0.3, 0.4) is 0 Å². The normalized spacial score (nSPS) is 35.5. The average molecular weight is 324 g/mol. The van der Waals surface area contributed by atoms with Gasteiger partial charge in [0.15, 0.2) is 0 Å². The predicted molar refractivity (Wildman–Crippen MR) is 94.2 cm³/mol. The Bertz CT molecular complexity index is 838. The van der Waals surface area contributed by atoms with Crippen LogP contribution in [0.15, 0.2) is 29.8 Å². The minimum Gasteiger partial charge on any atom is -0.497 e. The number of piperidine rings is 3. The van der Waals surface area contributed by atoms with Crippen LogP contribution in [0.1, 0.15) is 30.6 Å². The molecule has 1 aromatic heterocycles. The lowest BCUT2D eigenvalue weighted by Crippen LogP contribution is -2.60. The second kappa shape index (κ2) is 5.11. The fraction of sp³-hybridized carbons (Fsp3) is 0.500. The molecule has 4 heteroatoms. The van der Waals surface area contributed by atoms with Gasteiger partial charge in [-0.15, -0.1) is 0 Å². The molecule has 0 radical (unpaired) electrons. The molecule has 4 bridgehead atoms. The Kier molecular flexibility index (Phi) is 3.10. The third kappa shape index (κ3) is 1.76. The van der Waals surface area contributed by atoms with Gasteiger partial charge < -0.3 is 14.8 Å². The van der Waals surface area contributed by atoms with Gasteiger partial charge in [0.05, 0.1) is 13.2 Å². The smallest absolute Gasteiger partial charge is 0.119 e. The van der Waals surface area contributed by atoms with Crippen LogP contribution >= 0.6 is 0 Å². The number of aliphatic hydroxyl groups excluding tert-OH is 1. The first-order chi connectivity index (χ1) is 11.7. The predicted octanol–water partition coefficient (Wildman–Crippen LogP) is 3.03. The number of nitrogens with one attached hydrogen (secondary N) is 1. The van der Waals surface area contributed by atoms with Crippen molar-refractivity contribution in [2.45, 2.75) is 31.8 Å². The van der Waals surface area contributed by atoms with Gasteiger partial charge >= 0.3 is 0 Å². The SMILES string of the molecule is C/C=C1/CN2C3Cc4c([nH]c5ccc(OC)cc45)[C@@H]2C[C@@H]1[C@H]3CO. The highest BCUT2D eigenvalue weighted by Gasteiger charge is 2.52. The van der Waals surface area contributed by atoms with Crippen LogP contribution in [-0.4, -0.2) is 41.3 Å². The Labute approximate surface area is 142 Å². The van der Waals surface area contributed by atoms with E-state index in [1.54, 1.807) is 7.11 Å². The molecule has 2 unspecified atom stereocenters. The summed E-state index contributed by atoms with van der Waals surface area (Å²) in [7, 11) is 1.72. The van der Waals surface area contributed by atoms with Gasteiger partial charge in [-0.1, -0.05) is 11.6 Å². The van der Waals surface area contributed by atoms with Crippen molar-refractivity contribution < 1.29 is 9.84 Å². The van der Waals surface area contributed by atoms with E-state index < -0.39 is 0 Å². The van der Waals surface area contributed by atoms with Crippen LogP contribution in [0.4, 0.5) is 0 Å². The molecule has 0 amide bonds. The summed E-state index contributed by atoms with van der Waals surface area (Å²) in [4.78, 5) is 6.32. The molecular formula is C20H24N2O2. The number of rotatable bonds is 2. The Balaban J connectivity index is 1.66. The molecule has 24 heavy (non-hydrogen) atoms. The summed E-state index contributed by atoms with van der Waals surface area (Å²) in [5, 5.41) is 11.3. The maximum atomic E-state index is 10.1. The van der Waals surface area contributed by atoms with Gasteiger partial charge in [0, 0.05) is 41.7 Å². The molecule has 5 atom stereocenters. The van der Waals surface area contributed by atoms with Crippen molar-refractivity contribution in [1.82, 2.24) is 9.88 Å². The number of fused-ring (bicyclic) bond motifs is 4. The van der Waals surface area contributed by atoms with Gasteiger partial charge in [-0.3, -0.25) is 4.90 Å².